The van der Waals surface area contributed by atoms with Gasteiger partial charge >= 0.3 is 0 Å². The molecule has 0 bridgehead atoms. The SMILES string of the molecule is CCOc1cc(C2=NCCN2)cc(Cl)c1O. The van der Waals surface area contributed by atoms with Crippen LogP contribution in [-0.2, 0) is 0 Å². The Bertz CT molecular complexity index is 432. The molecule has 1 aliphatic rings. The summed E-state index contributed by atoms with van der Waals surface area (Å²) in [5.74, 6) is 1.16. The summed E-state index contributed by atoms with van der Waals surface area (Å²) in [5, 5.41) is 13.1. The largest absolute Gasteiger partial charge is 0.503 e. The summed E-state index contributed by atoms with van der Waals surface area (Å²) < 4.78 is 5.30. The molecule has 2 N–H and O–H groups in total. The van der Waals surface area contributed by atoms with Crippen LogP contribution in [0.15, 0.2) is 17.1 Å². The lowest BCUT2D eigenvalue weighted by molar-refractivity contribution is 0.318. The van der Waals surface area contributed by atoms with Crippen LogP contribution in [0.4, 0.5) is 0 Å². The van der Waals surface area contributed by atoms with Crippen molar-refractivity contribution in [3.8, 4) is 11.5 Å². The van der Waals surface area contributed by atoms with Crippen molar-refractivity contribution < 1.29 is 9.84 Å². The van der Waals surface area contributed by atoms with Crippen LogP contribution < -0.4 is 10.1 Å². The summed E-state index contributed by atoms with van der Waals surface area (Å²) in [4.78, 5) is 4.29. The van der Waals surface area contributed by atoms with Gasteiger partial charge in [-0.15, -0.1) is 0 Å². The van der Waals surface area contributed by atoms with Gasteiger partial charge in [0.15, 0.2) is 11.5 Å². The number of hydrogen-bond donors (Lipinski definition) is 2. The molecule has 0 unspecified atom stereocenters. The molecule has 0 amide bonds. The number of aromatic hydroxyl groups is 1. The van der Waals surface area contributed by atoms with Crippen LogP contribution >= 0.6 is 11.6 Å². The molecule has 0 aliphatic carbocycles. The zero-order valence-electron chi connectivity index (χ0n) is 8.96. The minimum absolute atomic E-state index is 0.0223. The molecular formula is C11H13ClN2O2. The van der Waals surface area contributed by atoms with Crippen molar-refractivity contribution in [3.63, 3.8) is 0 Å². The molecule has 1 aromatic carbocycles. The first kappa shape index (κ1) is 11.1. The van der Waals surface area contributed by atoms with Crippen LogP contribution in [0.5, 0.6) is 11.5 Å². The molecule has 0 aromatic heterocycles. The van der Waals surface area contributed by atoms with Gasteiger partial charge in [-0.1, -0.05) is 11.6 Å². The molecule has 16 heavy (non-hydrogen) atoms. The number of phenolic OH excluding ortho intramolecular Hbond substituents is 1. The Labute approximate surface area is 98.9 Å². The van der Waals surface area contributed by atoms with Gasteiger partial charge in [-0.05, 0) is 19.1 Å². The second-order valence-corrected chi connectivity index (χ2v) is 3.80. The summed E-state index contributed by atoms with van der Waals surface area (Å²) in [5.41, 5.74) is 0.837. The van der Waals surface area contributed by atoms with Gasteiger partial charge in [0.2, 0.25) is 0 Å². The molecule has 0 fully saturated rings. The number of halogens is 1. The third-order valence-electron chi connectivity index (χ3n) is 2.28. The highest BCUT2D eigenvalue weighted by Crippen LogP contribution is 2.35. The number of phenols is 1. The van der Waals surface area contributed by atoms with E-state index in [0.29, 0.717) is 12.4 Å². The summed E-state index contributed by atoms with van der Waals surface area (Å²) in [6.07, 6.45) is 0. The molecule has 1 aromatic rings. The van der Waals surface area contributed by atoms with Crippen LogP contribution in [0.1, 0.15) is 12.5 Å². The Morgan fingerprint density at radius 2 is 2.38 bits per heavy atom. The fraction of sp³-hybridized carbons (Fsp3) is 0.364. The van der Waals surface area contributed by atoms with E-state index in [2.05, 4.69) is 10.3 Å². The summed E-state index contributed by atoms with van der Waals surface area (Å²) in [7, 11) is 0. The van der Waals surface area contributed by atoms with Crippen molar-refractivity contribution in [1.82, 2.24) is 5.32 Å². The Morgan fingerprint density at radius 3 is 3.00 bits per heavy atom. The highest BCUT2D eigenvalue weighted by atomic mass is 35.5. The van der Waals surface area contributed by atoms with Crippen LogP contribution in [0.2, 0.25) is 5.02 Å². The van der Waals surface area contributed by atoms with E-state index in [9.17, 15) is 5.11 Å². The van der Waals surface area contributed by atoms with Crippen LogP contribution in [0, 0.1) is 0 Å². The van der Waals surface area contributed by atoms with Crippen molar-refractivity contribution in [3.05, 3.63) is 22.7 Å². The van der Waals surface area contributed by atoms with Gasteiger partial charge in [0.1, 0.15) is 5.84 Å². The van der Waals surface area contributed by atoms with E-state index in [0.717, 1.165) is 24.5 Å². The second kappa shape index (κ2) is 4.61. The maximum absolute atomic E-state index is 9.68. The minimum atomic E-state index is -0.0223. The Kier molecular flexibility index (Phi) is 3.19. The van der Waals surface area contributed by atoms with E-state index in [1.165, 1.54) is 0 Å². The van der Waals surface area contributed by atoms with Crippen LogP contribution in [0.3, 0.4) is 0 Å². The average Bonchev–Trinajstić information content (AvgIpc) is 2.78. The van der Waals surface area contributed by atoms with Crippen LogP contribution in [-0.4, -0.2) is 30.6 Å². The maximum atomic E-state index is 9.68. The third-order valence-corrected chi connectivity index (χ3v) is 2.56. The van der Waals surface area contributed by atoms with Crippen molar-refractivity contribution >= 4 is 17.4 Å². The molecule has 4 nitrogen and oxygen atoms in total. The molecule has 0 radical (unpaired) electrons. The number of hydrogen-bond acceptors (Lipinski definition) is 4. The Morgan fingerprint density at radius 1 is 1.56 bits per heavy atom. The fourth-order valence-corrected chi connectivity index (χ4v) is 1.78. The van der Waals surface area contributed by atoms with E-state index in [1.54, 1.807) is 12.1 Å². The van der Waals surface area contributed by atoms with Crippen molar-refractivity contribution in [1.29, 1.82) is 0 Å². The monoisotopic (exact) mass is 240 g/mol. The number of aliphatic imine (C=N–C) groups is 1. The molecule has 1 heterocycles. The molecule has 86 valence electrons. The Balaban J connectivity index is 2.39. The first-order valence-electron chi connectivity index (χ1n) is 5.16. The molecule has 0 saturated heterocycles. The van der Waals surface area contributed by atoms with Crippen molar-refractivity contribution in [2.24, 2.45) is 4.99 Å². The lowest BCUT2D eigenvalue weighted by Gasteiger charge is -2.10. The highest BCUT2D eigenvalue weighted by molar-refractivity contribution is 6.32. The van der Waals surface area contributed by atoms with E-state index in [1.807, 2.05) is 6.92 Å². The predicted molar refractivity (Wildman–Crippen MR) is 63.7 cm³/mol. The third kappa shape index (κ3) is 2.07. The molecular weight excluding hydrogens is 228 g/mol. The molecule has 0 atom stereocenters. The van der Waals surface area contributed by atoms with Gasteiger partial charge in [-0.3, -0.25) is 4.99 Å². The van der Waals surface area contributed by atoms with Gasteiger partial charge in [0.25, 0.3) is 0 Å². The fourth-order valence-electron chi connectivity index (χ4n) is 1.57. The number of benzene rings is 1. The summed E-state index contributed by atoms with van der Waals surface area (Å²) >= 11 is 5.92. The van der Waals surface area contributed by atoms with Gasteiger partial charge in [0, 0.05) is 12.1 Å². The standard InChI is InChI=1S/C11H13ClN2O2/c1-2-16-9-6-7(5-8(12)10(9)15)11-13-3-4-14-11/h5-6,15H,2-4H2,1H3,(H,13,14). The number of rotatable bonds is 3. The lowest BCUT2D eigenvalue weighted by atomic mass is 10.2. The van der Waals surface area contributed by atoms with E-state index in [4.69, 9.17) is 16.3 Å². The number of nitrogens with zero attached hydrogens (tertiary/aromatic N) is 1. The summed E-state index contributed by atoms with van der Waals surface area (Å²) in [6, 6.07) is 3.42. The van der Waals surface area contributed by atoms with Gasteiger partial charge < -0.3 is 15.2 Å². The summed E-state index contributed by atoms with van der Waals surface area (Å²) in [6.45, 7) is 3.92. The molecule has 1 aliphatic heterocycles. The Hall–Kier alpha value is -1.42. The van der Waals surface area contributed by atoms with Crippen molar-refractivity contribution in [2.45, 2.75) is 6.92 Å². The first-order valence-corrected chi connectivity index (χ1v) is 5.54. The highest BCUT2D eigenvalue weighted by Gasteiger charge is 2.14. The first-order chi connectivity index (χ1) is 7.72. The normalized spacial score (nSPS) is 14.5. The molecule has 5 heteroatoms. The van der Waals surface area contributed by atoms with E-state index in [-0.39, 0.29) is 10.8 Å². The average molecular weight is 241 g/mol. The van der Waals surface area contributed by atoms with E-state index < -0.39 is 0 Å². The molecule has 0 spiro atoms. The van der Waals surface area contributed by atoms with Crippen LogP contribution in [0.25, 0.3) is 0 Å². The van der Waals surface area contributed by atoms with E-state index >= 15 is 0 Å². The number of ether oxygens (including phenoxy) is 1. The van der Waals surface area contributed by atoms with Gasteiger partial charge in [0.05, 0.1) is 18.2 Å². The zero-order chi connectivity index (χ0) is 11.5. The lowest BCUT2D eigenvalue weighted by Crippen LogP contribution is -2.19. The number of amidine groups is 1. The number of nitrogens with one attached hydrogen (secondary N) is 1. The molecule has 2 rings (SSSR count). The maximum Gasteiger partial charge on any atom is 0.176 e. The topological polar surface area (TPSA) is 53.8 Å². The van der Waals surface area contributed by atoms with Gasteiger partial charge in [-0.2, -0.15) is 0 Å². The second-order valence-electron chi connectivity index (χ2n) is 3.39. The quantitative estimate of drug-likeness (QED) is 0.847. The molecule has 0 saturated carbocycles. The van der Waals surface area contributed by atoms with Crippen molar-refractivity contribution in [2.75, 3.05) is 19.7 Å². The minimum Gasteiger partial charge on any atom is -0.503 e. The predicted octanol–water partition coefficient (Wildman–Crippen LogP) is 1.79. The zero-order valence-corrected chi connectivity index (χ0v) is 9.71. The van der Waals surface area contributed by atoms with Gasteiger partial charge in [-0.25, -0.2) is 0 Å². The smallest absolute Gasteiger partial charge is 0.176 e.